The number of hydrogen-bond acceptors (Lipinski definition) is 6. The first-order valence-electron chi connectivity index (χ1n) is 8.30. The molecule has 9 heteroatoms. The Balaban J connectivity index is 1.56. The fourth-order valence-corrected chi connectivity index (χ4v) is 3.22. The molecule has 1 unspecified atom stereocenters. The first kappa shape index (κ1) is 16.4. The van der Waals surface area contributed by atoms with Crippen molar-refractivity contribution >= 4 is 23.0 Å². The number of aryl methyl sites for hydroxylation is 1. The number of nitrogens with one attached hydrogen (secondary N) is 2. The van der Waals surface area contributed by atoms with Crippen molar-refractivity contribution in [3.63, 3.8) is 0 Å². The van der Waals surface area contributed by atoms with Gasteiger partial charge in [-0.05, 0) is 25.9 Å². The Hall–Kier alpha value is -2.42. The van der Waals surface area contributed by atoms with Crippen molar-refractivity contribution in [2.45, 2.75) is 38.8 Å². The van der Waals surface area contributed by atoms with E-state index in [-0.39, 0.29) is 22.9 Å². The molecule has 0 aromatic carbocycles. The van der Waals surface area contributed by atoms with E-state index in [9.17, 15) is 9.59 Å². The smallest absolute Gasteiger partial charge is 0.280 e. The molecule has 0 radical (unpaired) electrons. The van der Waals surface area contributed by atoms with Crippen LogP contribution in [0.1, 0.15) is 26.2 Å². The number of nitrogens with two attached hydrogens (primary N) is 1. The number of aromatic nitrogens is 4. The number of rotatable bonds is 6. The van der Waals surface area contributed by atoms with Crippen molar-refractivity contribution in [3.05, 3.63) is 16.7 Å². The molecule has 3 rings (SSSR count). The average molecular weight is 333 g/mol. The van der Waals surface area contributed by atoms with E-state index in [0.717, 1.165) is 19.5 Å². The predicted octanol–water partition coefficient (Wildman–Crippen LogP) is -0.308. The zero-order chi connectivity index (χ0) is 17.1. The highest BCUT2D eigenvalue weighted by Crippen LogP contribution is 2.15. The Bertz CT molecular complexity index is 782. The first-order chi connectivity index (χ1) is 11.6. The van der Waals surface area contributed by atoms with Gasteiger partial charge in [-0.15, -0.1) is 0 Å². The number of carbonyl (C=O) groups excluding carboxylic acids is 1. The molecule has 0 saturated carbocycles. The van der Waals surface area contributed by atoms with Crippen molar-refractivity contribution in [3.8, 4) is 0 Å². The summed E-state index contributed by atoms with van der Waals surface area (Å²) >= 11 is 0. The molecule has 130 valence electrons. The van der Waals surface area contributed by atoms with Crippen LogP contribution in [0.4, 0.5) is 5.95 Å². The van der Waals surface area contributed by atoms with Gasteiger partial charge in [0.25, 0.3) is 5.56 Å². The third kappa shape index (κ3) is 3.40. The van der Waals surface area contributed by atoms with E-state index >= 15 is 0 Å². The number of nitrogens with zero attached hydrogens (tertiary/aromatic N) is 4. The Morgan fingerprint density at radius 2 is 2.38 bits per heavy atom. The highest BCUT2D eigenvalue weighted by Gasteiger charge is 2.23. The summed E-state index contributed by atoms with van der Waals surface area (Å²) in [5, 5.41) is 2.99. The topological polar surface area (TPSA) is 122 Å². The Labute approximate surface area is 139 Å². The summed E-state index contributed by atoms with van der Waals surface area (Å²) < 4.78 is 1.68. The molecule has 1 aliphatic rings. The van der Waals surface area contributed by atoms with E-state index < -0.39 is 0 Å². The molecule has 0 aliphatic carbocycles. The number of H-pyrrole nitrogens is 1. The predicted molar refractivity (Wildman–Crippen MR) is 90.5 cm³/mol. The van der Waals surface area contributed by atoms with E-state index in [2.05, 4.69) is 32.1 Å². The number of nitrogen functional groups attached to an aromatic ring is 1. The molecular weight excluding hydrogens is 310 g/mol. The van der Waals surface area contributed by atoms with E-state index in [0.29, 0.717) is 31.2 Å². The number of amides is 1. The molecule has 4 N–H and O–H groups in total. The lowest BCUT2D eigenvalue weighted by atomic mass is 10.2. The highest BCUT2D eigenvalue weighted by molar-refractivity contribution is 5.76. The Morgan fingerprint density at radius 1 is 1.54 bits per heavy atom. The first-order valence-corrected chi connectivity index (χ1v) is 8.30. The SMILES string of the molecule is CCN1CCCC1CNC(=O)CCn1cnc2c(=O)[nH]c(N)nc21. The van der Waals surface area contributed by atoms with Gasteiger partial charge in [0.15, 0.2) is 11.2 Å². The van der Waals surface area contributed by atoms with Crippen LogP contribution < -0.4 is 16.6 Å². The third-order valence-corrected chi connectivity index (χ3v) is 4.51. The van der Waals surface area contributed by atoms with Crippen molar-refractivity contribution in [2.24, 2.45) is 0 Å². The molecule has 2 aromatic rings. The van der Waals surface area contributed by atoms with Gasteiger partial charge in [-0.1, -0.05) is 6.92 Å². The fourth-order valence-electron chi connectivity index (χ4n) is 3.22. The van der Waals surface area contributed by atoms with Gasteiger partial charge in [0, 0.05) is 25.6 Å². The fraction of sp³-hybridized carbons (Fsp3) is 0.600. The summed E-state index contributed by atoms with van der Waals surface area (Å²) in [5.74, 6) is 0.0252. The minimum Gasteiger partial charge on any atom is -0.369 e. The summed E-state index contributed by atoms with van der Waals surface area (Å²) in [6, 6.07) is 0.438. The lowest BCUT2D eigenvalue weighted by Crippen LogP contribution is -2.40. The van der Waals surface area contributed by atoms with Crippen molar-refractivity contribution < 1.29 is 4.79 Å². The van der Waals surface area contributed by atoms with Crippen LogP contribution in [0.5, 0.6) is 0 Å². The zero-order valence-electron chi connectivity index (χ0n) is 13.8. The van der Waals surface area contributed by atoms with Gasteiger partial charge in [0.05, 0.1) is 6.33 Å². The molecule has 0 bridgehead atoms. The maximum absolute atomic E-state index is 12.1. The lowest BCUT2D eigenvalue weighted by molar-refractivity contribution is -0.121. The van der Waals surface area contributed by atoms with E-state index in [1.54, 1.807) is 4.57 Å². The number of carbonyl (C=O) groups is 1. The lowest BCUT2D eigenvalue weighted by Gasteiger charge is -2.22. The molecule has 1 aliphatic heterocycles. The molecule has 0 spiro atoms. The standard InChI is InChI=1S/C15H23N7O2/c1-2-21-6-3-4-10(21)8-17-11(23)5-7-22-9-18-12-13(22)19-15(16)20-14(12)24/h9-10H,2-8H2,1H3,(H,17,23)(H3,16,19,20,24). The van der Waals surface area contributed by atoms with E-state index in [4.69, 9.17) is 5.73 Å². The largest absolute Gasteiger partial charge is 0.369 e. The van der Waals surface area contributed by atoms with Crippen LogP contribution in [0.25, 0.3) is 11.2 Å². The van der Waals surface area contributed by atoms with Gasteiger partial charge in [-0.3, -0.25) is 19.5 Å². The third-order valence-electron chi connectivity index (χ3n) is 4.51. The highest BCUT2D eigenvalue weighted by atomic mass is 16.1. The van der Waals surface area contributed by atoms with Gasteiger partial charge in [0.2, 0.25) is 11.9 Å². The second kappa shape index (κ2) is 7.00. The molecular formula is C15H23N7O2. The molecule has 2 aromatic heterocycles. The molecule has 1 atom stereocenters. The van der Waals surface area contributed by atoms with Crippen LogP contribution in [0.2, 0.25) is 0 Å². The van der Waals surface area contributed by atoms with Gasteiger partial charge < -0.3 is 15.6 Å². The summed E-state index contributed by atoms with van der Waals surface area (Å²) in [5.41, 5.74) is 5.82. The number of aromatic amines is 1. The molecule has 24 heavy (non-hydrogen) atoms. The quantitative estimate of drug-likeness (QED) is 0.667. The van der Waals surface area contributed by atoms with Gasteiger partial charge in [-0.25, -0.2) is 4.98 Å². The molecule has 1 saturated heterocycles. The maximum atomic E-state index is 12.1. The number of likely N-dealkylation sites (N-methyl/N-ethyl adjacent to an activating group) is 1. The summed E-state index contributed by atoms with van der Waals surface area (Å²) in [4.78, 5) is 36.7. The molecule has 1 amide bonds. The summed E-state index contributed by atoms with van der Waals surface area (Å²) in [6.45, 7) is 5.36. The van der Waals surface area contributed by atoms with Crippen LogP contribution >= 0.6 is 0 Å². The van der Waals surface area contributed by atoms with E-state index in [1.165, 1.54) is 12.7 Å². The minimum atomic E-state index is -0.374. The second-order valence-corrected chi connectivity index (χ2v) is 6.04. The van der Waals surface area contributed by atoms with Crippen molar-refractivity contribution in [1.29, 1.82) is 0 Å². The van der Waals surface area contributed by atoms with Gasteiger partial charge >= 0.3 is 0 Å². The maximum Gasteiger partial charge on any atom is 0.280 e. The monoisotopic (exact) mass is 333 g/mol. The second-order valence-electron chi connectivity index (χ2n) is 6.04. The van der Waals surface area contributed by atoms with Crippen molar-refractivity contribution in [1.82, 2.24) is 29.7 Å². The number of fused-ring (bicyclic) bond motifs is 1. The summed E-state index contributed by atoms with van der Waals surface area (Å²) in [7, 11) is 0. The zero-order valence-corrected chi connectivity index (χ0v) is 13.8. The number of hydrogen-bond donors (Lipinski definition) is 3. The Morgan fingerprint density at radius 3 is 3.17 bits per heavy atom. The normalized spacial score (nSPS) is 18.3. The van der Waals surface area contributed by atoms with Crippen LogP contribution in [0.3, 0.4) is 0 Å². The molecule has 3 heterocycles. The summed E-state index contributed by atoms with van der Waals surface area (Å²) in [6.07, 6.45) is 4.14. The van der Waals surface area contributed by atoms with Crippen LogP contribution in [-0.2, 0) is 11.3 Å². The van der Waals surface area contributed by atoms with Crippen LogP contribution in [0.15, 0.2) is 11.1 Å². The molecule has 9 nitrogen and oxygen atoms in total. The van der Waals surface area contributed by atoms with Gasteiger partial charge in [0.1, 0.15) is 0 Å². The Kier molecular flexibility index (Phi) is 4.79. The average Bonchev–Trinajstić information content (AvgIpc) is 3.17. The number of likely N-dealkylation sites (tertiary alicyclic amines) is 1. The van der Waals surface area contributed by atoms with Crippen LogP contribution in [-0.4, -0.2) is 56.0 Å². The van der Waals surface area contributed by atoms with Crippen LogP contribution in [0, 0.1) is 0 Å². The number of anilines is 1. The van der Waals surface area contributed by atoms with Crippen molar-refractivity contribution in [2.75, 3.05) is 25.4 Å². The minimum absolute atomic E-state index is 0.0161. The molecule has 1 fully saturated rings. The van der Waals surface area contributed by atoms with E-state index in [1.807, 2.05) is 0 Å². The number of imidazole rings is 1. The van der Waals surface area contributed by atoms with Gasteiger partial charge in [-0.2, -0.15) is 4.98 Å².